The predicted octanol–water partition coefficient (Wildman–Crippen LogP) is 3.85. The number of aryl methyl sites for hydroxylation is 1. The topological polar surface area (TPSA) is 42.2 Å². The molecule has 0 spiro atoms. The Kier molecular flexibility index (Phi) is 3.46. The summed E-state index contributed by atoms with van der Waals surface area (Å²) in [6, 6.07) is 5.17. The van der Waals surface area contributed by atoms with E-state index in [0.717, 1.165) is 40.2 Å². The van der Waals surface area contributed by atoms with Gasteiger partial charge in [-0.2, -0.15) is 0 Å². The molecule has 1 atom stereocenters. The Morgan fingerprint density at radius 1 is 1.50 bits per heavy atom. The standard InChI is InChI=1S/C15H16FNO2S/c1-2-20-14-7-10(16)6-13-11(14)8-12-9(5-15(18)19)3-4-17(12)13/h6-9H,2-5H2,1H3,(H,18,19). The number of nitrogens with zero attached hydrogens (tertiary/aromatic N) is 1. The maximum Gasteiger partial charge on any atom is 0.304 e. The smallest absolute Gasteiger partial charge is 0.304 e. The molecule has 0 radical (unpaired) electrons. The van der Waals surface area contributed by atoms with Gasteiger partial charge in [0.05, 0.1) is 11.9 Å². The van der Waals surface area contributed by atoms with Crippen LogP contribution in [0.1, 0.15) is 31.4 Å². The molecule has 0 bridgehead atoms. The van der Waals surface area contributed by atoms with Crippen molar-refractivity contribution < 1.29 is 14.3 Å². The Bertz CT molecular complexity index is 680. The summed E-state index contributed by atoms with van der Waals surface area (Å²) in [4.78, 5) is 11.9. The third-order valence-electron chi connectivity index (χ3n) is 3.82. The summed E-state index contributed by atoms with van der Waals surface area (Å²) in [7, 11) is 0. The number of carboxylic acid groups (broad SMARTS) is 1. The van der Waals surface area contributed by atoms with Crippen molar-refractivity contribution in [1.29, 1.82) is 0 Å². The van der Waals surface area contributed by atoms with Gasteiger partial charge in [-0.05, 0) is 30.4 Å². The van der Waals surface area contributed by atoms with Gasteiger partial charge in [0.15, 0.2) is 0 Å². The average Bonchev–Trinajstić information content (AvgIpc) is 2.90. The van der Waals surface area contributed by atoms with E-state index in [-0.39, 0.29) is 18.2 Å². The van der Waals surface area contributed by atoms with Gasteiger partial charge in [0.2, 0.25) is 0 Å². The van der Waals surface area contributed by atoms with Crippen molar-refractivity contribution >= 4 is 28.6 Å². The number of thioether (sulfide) groups is 1. The molecule has 0 amide bonds. The van der Waals surface area contributed by atoms with Gasteiger partial charge in [-0.3, -0.25) is 4.79 Å². The van der Waals surface area contributed by atoms with E-state index in [1.165, 1.54) is 0 Å². The number of carbonyl (C=O) groups is 1. The van der Waals surface area contributed by atoms with Crippen LogP contribution in [0.25, 0.3) is 10.9 Å². The highest BCUT2D eigenvalue weighted by molar-refractivity contribution is 7.99. The van der Waals surface area contributed by atoms with Crippen LogP contribution in [-0.2, 0) is 11.3 Å². The fraction of sp³-hybridized carbons (Fsp3) is 0.400. The number of halogens is 1. The Balaban J connectivity index is 2.12. The summed E-state index contributed by atoms with van der Waals surface area (Å²) in [5, 5.41) is 10.0. The van der Waals surface area contributed by atoms with Crippen LogP contribution in [0.4, 0.5) is 4.39 Å². The predicted molar refractivity (Wildman–Crippen MR) is 77.9 cm³/mol. The molecule has 2 heterocycles. The molecule has 1 N–H and O–H groups in total. The fourth-order valence-corrected chi connectivity index (χ4v) is 3.85. The largest absolute Gasteiger partial charge is 0.481 e. The van der Waals surface area contributed by atoms with Crippen molar-refractivity contribution in [3.05, 3.63) is 29.7 Å². The van der Waals surface area contributed by atoms with Gasteiger partial charge in [-0.15, -0.1) is 11.8 Å². The third-order valence-corrected chi connectivity index (χ3v) is 4.76. The van der Waals surface area contributed by atoms with E-state index in [4.69, 9.17) is 5.11 Å². The van der Waals surface area contributed by atoms with Crippen LogP contribution in [0.5, 0.6) is 0 Å². The maximum absolute atomic E-state index is 13.8. The van der Waals surface area contributed by atoms with E-state index in [1.807, 2.05) is 13.0 Å². The Morgan fingerprint density at radius 3 is 3.00 bits per heavy atom. The molecular weight excluding hydrogens is 277 g/mol. The second kappa shape index (κ2) is 5.13. The Hall–Kier alpha value is -1.49. The minimum Gasteiger partial charge on any atom is -0.481 e. The lowest BCUT2D eigenvalue weighted by Crippen LogP contribution is -2.02. The van der Waals surface area contributed by atoms with E-state index in [1.54, 1.807) is 23.9 Å². The van der Waals surface area contributed by atoms with Gasteiger partial charge in [-0.1, -0.05) is 6.92 Å². The molecule has 0 aliphatic carbocycles. The molecule has 0 saturated carbocycles. The summed E-state index contributed by atoms with van der Waals surface area (Å²) in [6.45, 7) is 2.81. The molecule has 5 heteroatoms. The fourth-order valence-electron chi connectivity index (χ4n) is 3.03. The zero-order valence-corrected chi connectivity index (χ0v) is 12.0. The number of fused-ring (bicyclic) bond motifs is 3. The average molecular weight is 293 g/mol. The van der Waals surface area contributed by atoms with Crippen LogP contribution in [0, 0.1) is 5.82 Å². The van der Waals surface area contributed by atoms with E-state index < -0.39 is 5.97 Å². The monoisotopic (exact) mass is 293 g/mol. The highest BCUT2D eigenvalue weighted by atomic mass is 32.2. The van der Waals surface area contributed by atoms with E-state index in [9.17, 15) is 9.18 Å². The molecule has 1 unspecified atom stereocenters. The maximum atomic E-state index is 13.8. The molecule has 1 aromatic carbocycles. The van der Waals surface area contributed by atoms with Crippen LogP contribution in [0.3, 0.4) is 0 Å². The van der Waals surface area contributed by atoms with Crippen LogP contribution >= 0.6 is 11.8 Å². The summed E-state index contributed by atoms with van der Waals surface area (Å²) in [5.41, 5.74) is 1.93. The molecule has 0 saturated heterocycles. The zero-order chi connectivity index (χ0) is 14.3. The molecule has 2 aromatic rings. The third kappa shape index (κ3) is 2.20. The highest BCUT2D eigenvalue weighted by Crippen LogP contribution is 2.39. The highest BCUT2D eigenvalue weighted by Gasteiger charge is 2.27. The summed E-state index contributed by atoms with van der Waals surface area (Å²) in [5.74, 6) is -0.0704. The second-order valence-electron chi connectivity index (χ2n) is 5.07. The molecule has 1 aliphatic rings. The quantitative estimate of drug-likeness (QED) is 0.871. The van der Waals surface area contributed by atoms with Gasteiger partial charge in [0.1, 0.15) is 5.82 Å². The molecule has 0 fully saturated rings. The molecule has 1 aliphatic heterocycles. The van der Waals surface area contributed by atoms with Crippen LogP contribution in [-0.4, -0.2) is 21.4 Å². The first-order chi connectivity index (χ1) is 9.60. The van der Waals surface area contributed by atoms with Gasteiger partial charge < -0.3 is 9.67 Å². The van der Waals surface area contributed by atoms with E-state index >= 15 is 0 Å². The Morgan fingerprint density at radius 2 is 2.30 bits per heavy atom. The number of carboxylic acids is 1. The number of aromatic nitrogens is 1. The van der Waals surface area contributed by atoms with Crippen LogP contribution in [0.2, 0.25) is 0 Å². The first-order valence-electron chi connectivity index (χ1n) is 6.77. The van der Waals surface area contributed by atoms with Gasteiger partial charge in [0.25, 0.3) is 0 Å². The van der Waals surface area contributed by atoms with Crippen molar-refractivity contribution in [2.24, 2.45) is 0 Å². The molecule has 106 valence electrons. The van der Waals surface area contributed by atoms with Crippen LogP contribution < -0.4 is 0 Å². The first kappa shape index (κ1) is 13.5. The SMILES string of the molecule is CCSc1cc(F)cc2c1cc1n2CCC1CC(=O)O. The normalized spacial score (nSPS) is 17.6. The lowest BCUT2D eigenvalue weighted by Gasteiger charge is -2.04. The van der Waals surface area contributed by atoms with Crippen molar-refractivity contribution in [1.82, 2.24) is 4.57 Å². The number of rotatable bonds is 4. The van der Waals surface area contributed by atoms with Crippen molar-refractivity contribution in [3.8, 4) is 0 Å². The van der Waals surface area contributed by atoms with Crippen molar-refractivity contribution in [3.63, 3.8) is 0 Å². The van der Waals surface area contributed by atoms with Crippen LogP contribution in [0.15, 0.2) is 23.1 Å². The lowest BCUT2D eigenvalue weighted by molar-refractivity contribution is -0.137. The summed E-state index contributed by atoms with van der Waals surface area (Å²) in [6.07, 6.45) is 0.972. The van der Waals surface area contributed by atoms with Gasteiger partial charge in [0, 0.05) is 28.4 Å². The minimum absolute atomic E-state index is 0.0439. The van der Waals surface area contributed by atoms with E-state index in [2.05, 4.69) is 4.57 Å². The van der Waals surface area contributed by atoms with E-state index in [0.29, 0.717) is 0 Å². The van der Waals surface area contributed by atoms with Crippen molar-refractivity contribution in [2.45, 2.75) is 37.1 Å². The summed E-state index contributed by atoms with van der Waals surface area (Å²) < 4.78 is 15.8. The van der Waals surface area contributed by atoms with Gasteiger partial charge >= 0.3 is 5.97 Å². The number of hydrogen-bond donors (Lipinski definition) is 1. The lowest BCUT2D eigenvalue weighted by atomic mass is 10.0. The Labute approximate surface area is 120 Å². The molecule has 3 nitrogen and oxygen atoms in total. The summed E-state index contributed by atoms with van der Waals surface area (Å²) >= 11 is 1.62. The van der Waals surface area contributed by atoms with Gasteiger partial charge in [-0.25, -0.2) is 4.39 Å². The zero-order valence-electron chi connectivity index (χ0n) is 11.2. The number of benzene rings is 1. The minimum atomic E-state index is -0.775. The second-order valence-corrected chi connectivity index (χ2v) is 6.38. The first-order valence-corrected chi connectivity index (χ1v) is 7.76. The molecule has 3 rings (SSSR count). The molecule has 20 heavy (non-hydrogen) atoms. The molecular formula is C15H16FNO2S. The van der Waals surface area contributed by atoms with Crippen molar-refractivity contribution in [2.75, 3.05) is 5.75 Å². The molecule has 1 aromatic heterocycles. The number of aliphatic carboxylic acids is 1. The number of hydrogen-bond acceptors (Lipinski definition) is 2.